The lowest BCUT2D eigenvalue weighted by molar-refractivity contribution is 0.134. The molecule has 0 aromatic heterocycles. The van der Waals surface area contributed by atoms with Crippen molar-refractivity contribution in [3.05, 3.63) is 29.8 Å². The van der Waals surface area contributed by atoms with E-state index in [-0.39, 0.29) is 18.4 Å². The summed E-state index contributed by atoms with van der Waals surface area (Å²) in [6.07, 6.45) is 1.20. The van der Waals surface area contributed by atoms with Gasteiger partial charge in [0.1, 0.15) is 5.75 Å². The van der Waals surface area contributed by atoms with Gasteiger partial charge in [0.15, 0.2) is 0 Å². The average Bonchev–Trinajstić information content (AvgIpc) is 2.28. The van der Waals surface area contributed by atoms with Crippen molar-refractivity contribution >= 4 is 12.4 Å². The molecule has 1 aromatic rings. The molecule has 0 saturated carbocycles. The van der Waals surface area contributed by atoms with Crippen molar-refractivity contribution in [2.24, 2.45) is 5.73 Å². The van der Waals surface area contributed by atoms with Crippen LogP contribution in [0.25, 0.3) is 0 Å². The molecule has 0 aliphatic carbocycles. The number of halogens is 1. The average molecular weight is 246 g/mol. The predicted octanol–water partition coefficient (Wildman–Crippen LogP) is 2.28. The second kappa shape index (κ2) is 7.49. The molecule has 0 bridgehead atoms. The van der Waals surface area contributed by atoms with Crippen LogP contribution >= 0.6 is 12.4 Å². The van der Waals surface area contributed by atoms with Crippen molar-refractivity contribution < 1.29 is 9.84 Å². The molecule has 2 atom stereocenters. The van der Waals surface area contributed by atoms with Crippen molar-refractivity contribution in [2.45, 2.75) is 31.9 Å². The smallest absolute Gasteiger partial charge is 0.118 e. The van der Waals surface area contributed by atoms with E-state index in [0.29, 0.717) is 0 Å². The number of aliphatic hydroxyl groups excluding tert-OH is 1. The van der Waals surface area contributed by atoms with Crippen LogP contribution in [-0.2, 0) is 0 Å². The maximum absolute atomic E-state index is 9.74. The summed E-state index contributed by atoms with van der Waals surface area (Å²) in [7, 11) is 1.63. The largest absolute Gasteiger partial charge is 0.497 e. The lowest BCUT2D eigenvalue weighted by Crippen LogP contribution is -2.25. The highest BCUT2D eigenvalue weighted by atomic mass is 35.5. The first kappa shape index (κ1) is 15.2. The Morgan fingerprint density at radius 3 is 2.31 bits per heavy atom. The minimum Gasteiger partial charge on any atom is -0.497 e. The third-order valence-corrected chi connectivity index (χ3v) is 2.50. The van der Waals surface area contributed by atoms with Crippen LogP contribution in [0.15, 0.2) is 24.3 Å². The Morgan fingerprint density at radius 2 is 1.88 bits per heavy atom. The van der Waals surface area contributed by atoms with Crippen LogP contribution in [0.3, 0.4) is 0 Å². The molecule has 0 heterocycles. The minimum absolute atomic E-state index is 0. The molecule has 0 aliphatic rings. The predicted molar refractivity (Wildman–Crippen MR) is 68.1 cm³/mol. The topological polar surface area (TPSA) is 55.5 Å². The number of hydrogen-bond acceptors (Lipinski definition) is 3. The van der Waals surface area contributed by atoms with Crippen LogP contribution in [0.1, 0.15) is 31.4 Å². The molecule has 0 spiro atoms. The molecule has 0 saturated heterocycles. The molecule has 0 amide bonds. The second-order valence-corrected chi connectivity index (χ2v) is 3.65. The third-order valence-electron chi connectivity index (χ3n) is 2.50. The Balaban J connectivity index is 0.00000225. The molecule has 3 nitrogen and oxygen atoms in total. The molecule has 3 N–H and O–H groups in total. The highest BCUT2D eigenvalue weighted by molar-refractivity contribution is 5.85. The van der Waals surface area contributed by atoms with Gasteiger partial charge in [0.25, 0.3) is 0 Å². The van der Waals surface area contributed by atoms with Crippen molar-refractivity contribution in [1.82, 2.24) is 0 Å². The second-order valence-electron chi connectivity index (χ2n) is 3.65. The zero-order chi connectivity index (χ0) is 11.3. The van der Waals surface area contributed by atoms with Crippen molar-refractivity contribution in [3.63, 3.8) is 0 Å². The Hall–Kier alpha value is -0.770. The molecular formula is C12H20ClNO2. The first-order valence-corrected chi connectivity index (χ1v) is 5.26. The SMILES string of the molecule is CCC[C@H](O)[C@H](N)c1ccc(OC)cc1.Cl. The van der Waals surface area contributed by atoms with E-state index < -0.39 is 6.10 Å². The number of nitrogens with two attached hydrogens (primary N) is 1. The highest BCUT2D eigenvalue weighted by Crippen LogP contribution is 2.20. The fourth-order valence-electron chi connectivity index (χ4n) is 1.52. The molecule has 16 heavy (non-hydrogen) atoms. The van der Waals surface area contributed by atoms with E-state index in [9.17, 15) is 5.11 Å². The molecule has 0 fully saturated rings. The van der Waals surface area contributed by atoms with Gasteiger partial charge in [0.05, 0.1) is 19.3 Å². The maximum atomic E-state index is 9.74. The molecule has 0 aliphatic heterocycles. The summed E-state index contributed by atoms with van der Waals surface area (Å²) in [5, 5.41) is 9.74. The van der Waals surface area contributed by atoms with Crippen LogP contribution in [0.2, 0.25) is 0 Å². The molecule has 4 heteroatoms. The van der Waals surface area contributed by atoms with Gasteiger partial charge in [-0.1, -0.05) is 25.5 Å². The summed E-state index contributed by atoms with van der Waals surface area (Å²) >= 11 is 0. The van der Waals surface area contributed by atoms with Gasteiger partial charge in [-0.3, -0.25) is 0 Å². The lowest BCUT2D eigenvalue weighted by atomic mass is 9.99. The number of rotatable bonds is 5. The molecule has 1 rings (SSSR count). The molecular weight excluding hydrogens is 226 g/mol. The van der Waals surface area contributed by atoms with E-state index in [4.69, 9.17) is 10.5 Å². The normalized spacial score (nSPS) is 13.8. The highest BCUT2D eigenvalue weighted by Gasteiger charge is 2.15. The molecule has 92 valence electrons. The van der Waals surface area contributed by atoms with Gasteiger partial charge in [-0.2, -0.15) is 0 Å². The van der Waals surface area contributed by atoms with Crippen LogP contribution < -0.4 is 10.5 Å². The van der Waals surface area contributed by atoms with E-state index in [1.165, 1.54) is 0 Å². The van der Waals surface area contributed by atoms with E-state index in [2.05, 4.69) is 0 Å². The van der Waals surface area contributed by atoms with Crippen LogP contribution in [0.5, 0.6) is 5.75 Å². The number of ether oxygens (including phenoxy) is 1. The Labute approximate surface area is 103 Å². The van der Waals surface area contributed by atoms with Gasteiger partial charge in [0.2, 0.25) is 0 Å². The summed E-state index contributed by atoms with van der Waals surface area (Å²) < 4.78 is 5.05. The van der Waals surface area contributed by atoms with E-state index in [0.717, 1.165) is 24.2 Å². The zero-order valence-corrected chi connectivity index (χ0v) is 10.5. The summed E-state index contributed by atoms with van der Waals surface area (Å²) in [5.74, 6) is 0.802. The molecule has 0 radical (unpaired) electrons. The maximum Gasteiger partial charge on any atom is 0.118 e. The molecule has 0 unspecified atom stereocenters. The summed E-state index contributed by atoms with van der Waals surface area (Å²) in [6, 6.07) is 7.18. The summed E-state index contributed by atoms with van der Waals surface area (Å²) in [4.78, 5) is 0. The van der Waals surface area contributed by atoms with Crippen molar-refractivity contribution in [1.29, 1.82) is 0 Å². The number of aliphatic hydroxyl groups is 1. The van der Waals surface area contributed by atoms with Gasteiger partial charge in [-0.05, 0) is 24.1 Å². The lowest BCUT2D eigenvalue weighted by Gasteiger charge is -2.18. The number of methoxy groups -OCH3 is 1. The quantitative estimate of drug-likeness (QED) is 0.837. The van der Waals surface area contributed by atoms with Crippen LogP contribution in [0.4, 0.5) is 0 Å². The van der Waals surface area contributed by atoms with Crippen molar-refractivity contribution in [2.75, 3.05) is 7.11 Å². The molecule has 1 aromatic carbocycles. The van der Waals surface area contributed by atoms with E-state index in [1.54, 1.807) is 7.11 Å². The fourth-order valence-corrected chi connectivity index (χ4v) is 1.52. The number of hydrogen-bond donors (Lipinski definition) is 2. The van der Waals surface area contributed by atoms with E-state index in [1.807, 2.05) is 31.2 Å². The first-order chi connectivity index (χ1) is 7.19. The standard InChI is InChI=1S/C12H19NO2.ClH/c1-3-4-11(14)12(13)9-5-7-10(15-2)8-6-9;/h5-8,11-12,14H,3-4,13H2,1-2H3;1H/t11-,12+;/m0./s1. The van der Waals surface area contributed by atoms with Gasteiger partial charge in [-0.15, -0.1) is 12.4 Å². The van der Waals surface area contributed by atoms with Crippen LogP contribution in [-0.4, -0.2) is 18.3 Å². The van der Waals surface area contributed by atoms with Crippen molar-refractivity contribution in [3.8, 4) is 5.75 Å². The minimum atomic E-state index is -0.469. The van der Waals surface area contributed by atoms with E-state index >= 15 is 0 Å². The number of benzene rings is 1. The zero-order valence-electron chi connectivity index (χ0n) is 9.72. The van der Waals surface area contributed by atoms with Gasteiger partial charge in [-0.25, -0.2) is 0 Å². The summed E-state index contributed by atoms with van der Waals surface area (Å²) in [6.45, 7) is 2.03. The Morgan fingerprint density at radius 1 is 1.31 bits per heavy atom. The summed E-state index contributed by atoms with van der Waals surface area (Å²) in [5.41, 5.74) is 6.87. The van der Waals surface area contributed by atoms with Gasteiger partial charge in [0, 0.05) is 0 Å². The first-order valence-electron chi connectivity index (χ1n) is 5.26. The van der Waals surface area contributed by atoms with Crippen LogP contribution in [0, 0.1) is 0 Å². The Kier molecular flexibility index (Phi) is 7.13. The van der Waals surface area contributed by atoms with Gasteiger partial charge >= 0.3 is 0 Å². The van der Waals surface area contributed by atoms with Gasteiger partial charge < -0.3 is 15.6 Å². The third kappa shape index (κ3) is 4.00. The monoisotopic (exact) mass is 245 g/mol. The Bertz CT molecular complexity index is 290. The fraction of sp³-hybridized carbons (Fsp3) is 0.500.